The smallest absolute Gasteiger partial charge is 0.127 e. The SMILES string of the molecule is CCc1ncccn1.Cc1ccc(C(c2ccccc2)c2ccccc2)cc1.Cc1ccc(N(c2ccccc2)c2ccccc2)cc1.Cc1ncccn1.Cc1ncccn1. The third kappa shape index (κ3) is 15.5. The summed E-state index contributed by atoms with van der Waals surface area (Å²) in [6.45, 7) is 10.00. The molecule has 6 aromatic carbocycles. The zero-order chi connectivity index (χ0) is 43.6. The second-order valence-electron chi connectivity index (χ2n) is 14.1. The molecule has 9 rings (SSSR count). The summed E-state index contributed by atoms with van der Waals surface area (Å²) >= 11 is 0. The van der Waals surface area contributed by atoms with Crippen LogP contribution in [-0.4, -0.2) is 29.9 Å². The van der Waals surface area contributed by atoms with E-state index in [9.17, 15) is 0 Å². The normalized spacial score (nSPS) is 9.90. The first-order chi connectivity index (χ1) is 30.4. The number of aryl methyl sites for hydroxylation is 5. The van der Waals surface area contributed by atoms with E-state index < -0.39 is 0 Å². The van der Waals surface area contributed by atoms with Crippen LogP contribution in [0.3, 0.4) is 0 Å². The topological polar surface area (TPSA) is 80.6 Å². The Morgan fingerprint density at radius 3 is 0.968 bits per heavy atom. The van der Waals surface area contributed by atoms with Crippen LogP contribution in [0.15, 0.2) is 225 Å². The van der Waals surface area contributed by atoms with Crippen LogP contribution < -0.4 is 4.90 Å². The quantitative estimate of drug-likeness (QED) is 0.148. The highest BCUT2D eigenvalue weighted by molar-refractivity contribution is 5.76. The maximum atomic E-state index is 3.99. The molecule has 0 fully saturated rings. The van der Waals surface area contributed by atoms with Gasteiger partial charge >= 0.3 is 0 Å². The predicted molar refractivity (Wildman–Crippen MR) is 256 cm³/mol. The van der Waals surface area contributed by atoms with Crippen molar-refractivity contribution < 1.29 is 0 Å². The van der Waals surface area contributed by atoms with Gasteiger partial charge in [-0.3, -0.25) is 0 Å². The summed E-state index contributed by atoms with van der Waals surface area (Å²) in [5.41, 5.74) is 10.1. The summed E-state index contributed by atoms with van der Waals surface area (Å²) in [6, 6.07) is 65.2. The Kier molecular flexibility index (Phi) is 18.9. The summed E-state index contributed by atoms with van der Waals surface area (Å²) < 4.78 is 0. The van der Waals surface area contributed by atoms with Crippen molar-refractivity contribution in [1.82, 2.24) is 29.9 Å². The van der Waals surface area contributed by atoms with Crippen molar-refractivity contribution in [3.8, 4) is 0 Å². The lowest BCUT2D eigenvalue weighted by Crippen LogP contribution is -2.09. The Morgan fingerprint density at radius 2 is 0.645 bits per heavy atom. The molecule has 0 spiro atoms. The standard InChI is InChI=1S/C20H18.C19H17N.C6H8N2.2C5H6N2/c2*1-16-12-14-19(15-13-16)20(17-8-4-2-5-9-17)18-10-6-3-7-11-18;1-2-6-7-4-3-5-8-6;2*1-5-6-3-2-4-7-5/h2-15,20H,1H3;2-15H,1H3;3-5H,2H2,1H3;2*2-4H,1H3. The molecule has 0 saturated heterocycles. The van der Waals surface area contributed by atoms with Gasteiger partial charge in [0, 0.05) is 66.6 Å². The molecule has 62 heavy (non-hydrogen) atoms. The van der Waals surface area contributed by atoms with Gasteiger partial charge in [-0.05, 0) is 99.0 Å². The molecule has 0 amide bonds. The molecule has 310 valence electrons. The van der Waals surface area contributed by atoms with Crippen molar-refractivity contribution in [3.05, 3.63) is 271 Å². The van der Waals surface area contributed by atoms with E-state index in [1.54, 1.807) is 49.3 Å². The minimum absolute atomic E-state index is 0.304. The van der Waals surface area contributed by atoms with Crippen LogP contribution in [-0.2, 0) is 6.42 Å². The Bertz CT molecular complexity index is 2250. The van der Waals surface area contributed by atoms with Gasteiger partial charge in [0.15, 0.2) is 0 Å². The van der Waals surface area contributed by atoms with Gasteiger partial charge in [-0.2, -0.15) is 0 Å². The molecular formula is C55H55N7. The van der Waals surface area contributed by atoms with Crippen LogP contribution in [0.1, 0.15) is 58.1 Å². The van der Waals surface area contributed by atoms with E-state index in [1.807, 2.05) is 39.0 Å². The van der Waals surface area contributed by atoms with Crippen molar-refractivity contribution in [3.63, 3.8) is 0 Å². The number of para-hydroxylation sites is 2. The highest BCUT2D eigenvalue weighted by atomic mass is 15.1. The zero-order valence-corrected chi connectivity index (χ0v) is 36.3. The second kappa shape index (κ2) is 25.8. The van der Waals surface area contributed by atoms with Crippen LogP contribution in [0.25, 0.3) is 0 Å². The summed E-state index contributed by atoms with van der Waals surface area (Å²) in [7, 11) is 0. The van der Waals surface area contributed by atoms with E-state index >= 15 is 0 Å². The lowest BCUT2D eigenvalue weighted by atomic mass is 9.85. The van der Waals surface area contributed by atoms with Crippen molar-refractivity contribution in [2.45, 2.75) is 47.0 Å². The summed E-state index contributed by atoms with van der Waals surface area (Å²) in [6.07, 6.45) is 11.3. The molecule has 0 radical (unpaired) electrons. The van der Waals surface area contributed by atoms with E-state index in [4.69, 9.17) is 0 Å². The monoisotopic (exact) mass is 813 g/mol. The highest BCUT2D eigenvalue weighted by Gasteiger charge is 2.16. The minimum atomic E-state index is 0.304. The van der Waals surface area contributed by atoms with Crippen molar-refractivity contribution in [2.75, 3.05) is 4.90 Å². The molecule has 0 aliphatic rings. The van der Waals surface area contributed by atoms with Crippen LogP contribution in [0.5, 0.6) is 0 Å². The van der Waals surface area contributed by atoms with Gasteiger partial charge in [0.1, 0.15) is 17.5 Å². The van der Waals surface area contributed by atoms with Gasteiger partial charge in [-0.25, -0.2) is 29.9 Å². The molecule has 0 aliphatic carbocycles. The molecule has 0 N–H and O–H groups in total. The molecule has 0 unspecified atom stereocenters. The largest absolute Gasteiger partial charge is 0.311 e. The Labute approximate surface area is 368 Å². The van der Waals surface area contributed by atoms with E-state index in [2.05, 4.69) is 206 Å². The fourth-order valence-electron chi connectivity index (χ4n) is 6.18. The fourth-order valence-corrected chi connectivity index (χ4v) is 6.18. The first-order valence-corrected chi connectivity index (χ1v) is 20.8. The molecule has 3 aromatic heterocycles. The van der Waals surface area contributed by atoms with Crippen molar-refractivity contribution >= 4 is 17.1 Å². The number of benzene rings is 6. The van der Waals surface area contributed by atoms with Gasteiger partial charge < -0.3 is 4.90 Å². The summed E-state index contributed by atoms with van der Waals surface area (Å²) in [5.74, 6) is 2.86. The van der Waals surface area contributed by atoms with Crippen LogP contribution >= 0.6 is 0 Å². The van der Waals surface area contributed by atoms with Crippen molar-refractivity contribution in [2.24, 2.45) is 0 Å². The number of hydrogen-bond donors (Lipinski definition) is 0. The predicted octanol–water partition coefficient (Wildman–Crippen LogP) is 13.2. The third-order valence-corrected chi connectivity index (χ3v) is 9.32. The van der Waals surface area contributed by atoms with E-state index in [0.717, 1.165) is 23.9 Å². The second-order valence-corrected chi connectivity index (χ2v) is 14.1. The van der Waals surface area contributed by atoms with E-state index in [-0.39, 0.29) is 0 Å². The molecular weight excluding hydrogens is 759 g/mol. The molecule has 9 aromatic rings. The first-order valence-electron chi connectivity index (χ1n) is 20.8. The molecule has 0 atom stereocenters. The number of anilines is 3. The summed E-state index contributed by atoms with van der Waals surface area (Å²) in [4.78, 5) is 25.7. The Morgan fingerprint density at radius 1 is 0.339 bits per heavy atom. The molecule has 7 nitrogen and oxygen atoms in total. The Balaban J connectivity index is 0.000000160. The van der Waals surface area contributed by atoms with Crippen LogP contribution in [0.4, 0.5) is 17.1 Å². The average Bonchev–Trinajstić information content (AvgIpc) is 3.33. The van der Waals surface area contributed by atoms with Gasteiger partial charge in [0.25, 0.3) is 0 Å². The number of aromatic nitrogens is 6. The highest BCUT2D eigenvalue weighted by Crippen LogP contribution is 2.34. The zero-order valence-electron chi connectivity index (χ0n) is 36.3. The molecule has 3 heterocycles. The fraction of sp³-hybridized carbons (Fsp3) is 0.127. The van der Waals surface area contributed by atoms with Gasteiger partial charge in [0.2, 0.25) is 0 Å². The lowest BCUT2D eigenvalue weighted by Gasteiger charge is -2.25. The first kappa shape index (κ1) is 45.4. The lowest BCUT2D eigenvalue weighted by molar-refractivity contribution is 0.939. The summed E-state index contributed by atoms with van der Waals surface area (Å²) in [5, 5.41) is 0. The molecule has 0 bridgehead atoms. The average molecular weight is 814 g/mol. The van der Waals surface area contributed by atoms with Crippen LogP contribution in [0, 0.1) is 27.7 Å². The van der Waals surface area contributed by atoms with Crippen LogP contribution in [0.2, 0.25) is 0 Å². The maximum Gasteiger partial charge on any atom is 0.127 e. The Hall–Kier alpha value is -7.64. The van der Waals surface area contributed by atoms with Gasteiger partial charge in [-0.15, -0.1) is 0 Å². The van der Waals surface area contributed by atoms with E-state index in [1.165, 1.54) is 44.9 Å². The number of nitrogens with zero attached hydrogens (tertiary/aromatic N) is 7. The number of rotatable bonds is 7. The molecule has 7 heteroatoms. The van der Waals surface area contributed by atoms with Gasteiger partial charge in [-0.1, -0.05) is 152 Å². The molecule has 0 aliphatic heterocycles. The maximum absolute atomic E-state index is 3.99. The van der Waals surface area contributed by atoms with Gasteiger partial charge in [0.05, 0.1) is 0 Å². The number of hydrogen-bond acceptors (Lipinski definition) is 7. The third-order valence-electron chi connectivity index (χ3n) is 9.32. The van der Waals surface area contributed by atoms with E-state index in [0.29, 0.717) is 5.92 Å². The minimum Gasteiger partial charge on any atom is -0.311 e. The van der Waals surface area contributed by atoms with Crippen molar-refractivity contribution in [1.29, 1.82) is 0 Å². The molecule has 0 saturated carbocycles.